The predicted octanol–water partition coefficient (Wildman–Crippen LogP) is 8.36. The molecule has 1 aromatic heterocycles. The number of rotatable bonds is 8. The van der Waals surface area contributed by atoms with Gasteiger partial charge >= 0.3 is 12.1 Å². The Labute approximate surface area is 229 Å². The van der Waals surface area contributed by atoms with Gasteiger partial charge < -0.3 is 9.84 Å². The maximum absolute atomic E-state index is 13.9. The lowest BCUT2D eigenvalue weighted by molar-refractivity contribution is -0.137. The highest BCUT2D eigenvalue weighted by molar-refractivity contribution is 6.03. The van der Waals surface area contributed by atoms with Crippen LogP contribution >= 0.6 is 0 Å². The molecule has 5 aromatic rings. The van der Waals surface area contributed by atoms with Crippen molar-refractivity contribution >= 4 is 16.9 Å². The van der Waals surface area contributed by atoms with Crippen LogP contribution in [0.2, 0.25) is 0 Å². The fourth-order valence-corrected chi connectivity index (χ4v) is 4.89. The predicted molar refractivity (Wildman–Crippen MR) is 149 cm³/mol. The summed E-state index contributed by atoms with van der Waals surface area (Å²) >= 11 is 0. The first-order chi connectivity index (χ1) is 19.2. The van der Waals surface area contributed by atoms with Gasteiger partial charge in [-0.05, 0) is 52.4 Å². The molecule has 1 heterocycles. The normalized spacial score (nSPS) is 11.5. The highest BCUT2D eigenvalue weighted by atomic mass is 19.4. The van der Waals surface area contributed by atoms with Crippen LogP contribution < -0.4 is 4.74 Å². The topological polar surface area (TPSA) is 59.4 Å². The van der Waals surface area contributed by atoms with E-state index in [0.717, 1.165) is 34.7 Å². The van der Waals surface area contributed by atoms with Gasteiger partial charge in [-0.25, -0.2) is 0 Å². The number of fused-ring (bicyclic) bond motifs is 1. The second-order valence-electron chi connectivity index (χ2n) is 9.46. The van der Waals surface area contributed by atoms with Gasteiger partial charge in [0.25, 0.3) is 0 Å². The molecule has 0 saturated carbocycles. The van der Waals surface area contributed by atoms with Crippen LogP contribution in [0.25, 0.3) is 33.2 Å². The van der Waals surface area contributed by atoms with Crippen LogP contribution in [0, 0.1) is 0 Å². The minimum Gasteiger partial charge on any atom is -0.489 e. The van der Waals surface area contributed by atoms with E-state index in [2.05, 4.69) is 4.98 Å². The van der Waals surface area contributed by atoms with Gasteiger partial charge in [-0.3, -0.25) is 9.78 Å². The maximum Gasteiger partial charge on any atom is 0.418 e. The number of alkyl halides is 3. The summed E-state index contributed by atoms with van der Waals surface area (Å²) in [6, 6.07) is 26.4. The SMILES string of the molecule is CCc1ccccc1-c1cnc2c(C(F)(F)F)cccc2c1-c1cccc(OCc2ccc(CC(=O)O)cc2)c1. The second kappa shape index (κ2) is 11.2. The summed E-state index contributed by atoms with van der Waals surface area (Å²) in [4.78, 5) is 15.2. The van der Waals surface area contributed by atoms with Gasteiger partial charge in [-0.1, -0.05) is 79.7 Å². The largest absolute Gasteiger partial charge is 0.489 e. The summed E-state index contributed by atoms with van der Waals surface area (Å²) < 4.78 is 47.8. The molecule has 202 valence electrons. The molecule has 0 amide bonds. The summed E-state index contributed by atoms with van der Waals surface area (Å²) in [5.74, 6) is -0.341. The van der Waals surface area contributed by atoms with Crippen LogP contribution in [0.5, 0.6) is 5.75 Å². The van der Waals surface area contributed by atoms with Crippen LogP contribution in [-0.4, -0.2) is 16.1 Å². The molecular weight excluding hydrogens is 515 g/mol. The van der Waals surface area contributed by atoms with Gasteiger partial charge in [0.1, 0.15) is 12.4 Å². The Hall–Kier alpha value is -4.65. The van der Waals surface area contributed by atoms with Crippen molar-refractivity contribution in [2.45, 2.75) is 32.5 Å². The number of aliphatic carboxylic acids is 1. The minimum atomic E-state index is -4.54. The van der Waals surface area contributed by atoms with Gasteiger partial charge in [0.2, 0.25) is 0 Å². The number of aryl methyl sites for hydroxylation is 1. The lowest BCUT2D eigenvalue weighted by atomic mass is 9.89. The third kappa shape index (κ3) is 5.69. The number of hydrogen-bond acceptors (Lipinski definition) is 3. The summed E-state index contributed by atoms with van der Waals surface area (Å²) in [7, 11) is 0. The quantitative estimate of drug-likeness (QED) is 0.214. The highest BCUT2D eigenvalue weighted by Crippen LogP contribution is 2.42. The summed E-state index contributed by atoms with van der Waals surface area (Å²) in [6.07, 6.45) is -2.31. The monoisotopic (exact) mass is 541 g/mol. The molecule has 7 heteroatoms. The van der Waals surface area contributed by atoms with Crippen LogP contribution in [0.3, 0.4) is 0 Å². The number of para-hydroxylation sites is 1. The zero-order chi connectivity index (χ0) is 28.3. The lowest BCUT2D eigenvalue weighted by Crippen LogP contribution is -2.07. The molecule has 0 unspecified atom stereocenters. The molecule has 0 atom stereocenters. The number of carboxylic acids is 1. The van der Waals surface area contributed by atoms with Crippen molar-refractivity contribution in [2.24, 2.45) is 0 Å². The Morgan fingerprint density at radius 3 is 2.33 bits per heavy atom. The van der Waals surface area contributed by atoms with E-state index in [-0.39, 0.29) is 18.5 Å². The molecule has 1 N–H and O–H groups in total. The average molecular weight is 542 g/mol. The number of benzene rings is 4. The van der Waals surface area contributed by atoms with E-state index in [1.807, 2.05) is 61.5 Å². The van der Waals surface area contributed by atoms with Gasteiger partial charge in [-0.15, -0.1) is 0 Å². The fourth-order valence-electron chi connectivity index (χ4n) is 4.89. The van der Waals surface area contributed by atoms with E-state index in [4.69, 9.17) is 9.84 Å². The Morgan fingerprint density at radius 2 is 1.60 bits per heavy atom. The minimum absolute atomic E-state index is 0.0530. The Bertz CT molecular complexity index is 1680. The number of carbonyl (C=O) groups is 1. The van der Waals surface area contributed by atoms with Crippen LogP contribution in [0.15, 0.2) is 97.2 Å². The number of hydrogen-bond donors (Lipinski definition) is 1. The van der Waals surface area contributed by atoms with Crippen molar-refractivity contribution in [2.75, 3.05) is 0 Å². The van der Waals surface area contributed by atoms with Gasteiger partial charge in [0.05, 0.1) is 17.5 Å². The first-order valence-electron chi connectivity index (χ1n) is 12.8. The third-order valence-corrected chi connectivity index (χ3v) is 6.80. The van der Waals surface area contributed by atoms with Crippen molar-refractivity contribution in [3.8, 4) is 28.0 Å². The molecule has 4 nitrogen and oxygen atoms in total. The Balaban J connectivity index is 1.59. The van der Waals surface area contributed by atoms with Crippen LogP contribution in [0.4, 0.5) is 13.2 Å². The lowest BCUT2D eigenvalue weighted by Gasteiger charge is -2.18. The third-order valence-electron chi connectivity index (χ3n) is 6.80. The highest BCUT2D eigenvalue weighted by Gasteiger charge is 2.34. The first kappa shape index (κ1) is 26.9. The van der Waals surface area contributed by atoms with E-state index < -0.39 is 17.7 Å². The van der Waals surface area contributed by atoms with Crippen molar-refractivity contribution in [3.63, 3.8) is 0 Å². The van der Waals surface area contributed by atoms with Gasteiger partial charge in [-0.2, -0.15) is 13.2 Å². The van der Waals surface area contributed by atoms with Crippen LogP contribution in [-0.2, 0) is 30.4 Å². The summed E-state index contributed by atoms with van der Waals surface area (Å²) in [5.41, 5.74) is 4.77. The smallest absolute Gasteiger partial charge is 0.418 e. The summed E-state index contributed by atoms with van der Waals surface area (Å²) in [6.45, 7) is 2.29. The Kier molecular flexibility index (Phi) is 7.56. The van der Waals surface area contributed by atoms with E-state index in [1.165, 1.54) is 12.3 Å². The first-order valence-corrected chi connectivity index (χ1v) is 12.8. The van der Waals surface area contributed by atoms with E-state index in [9.17, 15) is 18.0 Å². The number of nitrogens with zero attached hydrogens (tertiary/aromatic N) is 1. The van der Waals surface area contributed by atoms with Gasteiger partial charge in [0.15, 0.2) is 0 Å². The molecule has 0 aliphatic rings. The van der Waals surface area contributed by atoms with Crippen molar-refractivity contribution < 1.29 is 27.8 Å². The molecule has 40 heavy (non-hydrogen) atoms. The van der Waals surface area contributed by atoms with Crippen molar-refractivity contribution in [3.05, 3.63) is 119 Å². The van der Waals surface area contributed by atoms with Crippen molar-refractivity contribution in [1.82, 2.24) is 4.98 Å². The number of halogens is 3. The molecule has 5 rings (SSSR count). The van der Waals surface area contributed by atoms with E-state index in [1.54, 1.807) is 24.3 Å². The zero-order valence-corrected chi connectivity index (χ0v) is 21.7. The molecule has 0 bridgehead atoms. The molecule has 4 aromatic carbocycles. The standard InChI is InChI=1S/C33H26F3NO3/c1-2-23-7-3-4-10-26(23)28-19-37-32-27(11-6-12-29(32)33(34,35)36)31(28)24-8-5-9-25(18-24)40-20-22-15-13-21(14-16-22)17-30(38)39/h3-16,18-19H,2,17,20H2,1H3,(H,38,39). The number of carboxylic acid groups (broad SMARTS) is 1. The average Bonchev–Trinajstić information content (AvgIpc) is 2.95. The molecule has 0 aliphatic heterocycles. The number of aromatic nitrogens is 1. The van der Waals surface area contributed by atoms with Crippen LogP contribution in [0.1, 0.15) is 29.2 Å². The van der Waals surface area contributed by atoms with Crippen molar-refractivity contribution in [1.29, 1.82) is 0 Å². The molecule has 0 saturated heterocycles. The van der Waals surface area contributed by atoms with E-state index >= 15 is 0 Å². The number of ether oxygens (including phenoxy) is 1. The Morgan fingerprint density at radius 1 is 0.875 bits per heavy atom. The van der Waals surface area contributed by atoms with Gasteiger partial charge in [0, 0.05) is 22.7 Å². The number of pyridine rings is 1. The second-order valence-corrected chi connectivity index (χ2v) is 9.46. The summed E-state index contributed by atoms with van der Waals surface area (Å²) in [5, 5.41) is 9.37. The zero-order valence-electron chi connectivity index (χ0n) is 21.7. The molecule has 0 spiro atoms. The molecule has 0 radical (unpaired) electrons. The molecular formula is C33H26F3NO3. The van der Waals surface area contributed by atoms with E-state index in [0.29, 0.717) is 27.8 Å². The molecule has 0 aliphatic carbocycles. The molecule has 0 fully saturated rings. The fraction of sp³-hybridized carbons (Fsp3) is 0.152. The maximum atomic E-state index is 13.9.